The van der Waals surface area contributed by atoms with Gasteiger partial charge in [-0.3, -0.25) is 14.4 Å². The average Bonchev–Trinajstić information content (AvgIpc) is 3.98. The van der Waals surface area contributed by atoms with Crippen LogP contribution in [0.5, 0.6) is 5.75 Å². The second-order valence-corrected chi connectivity index (χ2v) is 15.5. The van der Waals surface area contributed by atoms with Crippen LogP contribution in [0.15, 0.2) is 75.8 Å². The number of para-hydroxylation sites is 1. The number of hydrogen-bond donors (Lipinski definition) is 4. The molecule has 278 valence electrons. The third-order valence-corrected chi connectivity index (χ3v) is 11.3. The van der Waals surface area contributed by atoms with E-state index in [0.29, 0.717) is 23.0 Å². The lowest BCUT2D eigenvalue weighted by molar-refractivity contribution is -0.157. The van der Waals surface area contributed by atoms with Gasteiger partial charge in [-0.15, -0.1) is 0 Å². The molecule has 4 aliphatic heterocycles. The van der Waals surface area contributed by atoms with Crippen LogP contribution in [0, 0.1) is 11.8 Å². The standard InChI is InChI=1S/C42H38N6O7/c1-18(2)32-40-47-34-36(55-40)42-25-10-6-9-23(22-8-7-11-27-31(22)24(16-43-27)30-17-44-39(34)53-30)33(25)48-41(42)54-29-13-12-21(14-26(29)42)15-28(37(50)46-32)45-38(51)35(19(3)4)52-20(5)49/h6-14,16-19,28,32,35,41,43,48H,15H2,1-5H3,(H,45,51)(H,46,50)/t28-,32-,35-,41-,42?/m0/s1. The van der Waals surface area contributed by atoms with Gasteiger partial charge in [-0.2, -0.15) is 0 Å². The van der Waals surface area contributed by atoms with Gasteiger partial charge in [0.25, 0.3) is 5.91 Å². The molecule has 3 aromatic heterocycles. The first kappa shape index (κ1) is 33.2. The number of esters is 1. The van der Waals surface area contributed by atoms with Gasteiger partial charge in [0.05, 0.1) is 6.20 Å². The van der Waals surface area contributed by atoms with Crippen molar-refractivity contribution in [2.24, 2.45) is 11.8 Å². The number of hydrogen-bond acceptors (Lipinski definition) is 10. The molecule has 1 spiro atoms. The number of carbonyl (C=O) groups excluding carboxylic acids is 3. The summed E-state index contributed by atoms with van der Waals surface area (Å²) in [5, 5.41) is 10.8. The monoisotopic (exact) mass is 738 g/mol. The van der Waals surface area contributed by atoms with Crippen molar-refractivity contribution < 1.29 is 32.7 Å². The minimum Gasteiger partial charge on any atom is -0.469 e. The summed E-state index contributed by atoms with van der Waals surface area (Å²) in [4.78, 5) is 53.3. The molecule has 0 saturated heterocycles. The van der Waals surface area contributed by atoms with Gasteiger partial charge in [0.1, 0.15) is 23.2 Å². The van der Waals surface area contributed by atoms with Crippen LogP contribution in [0.4, 0.5) is 5.69 Å². The molecule has 5 atom stereocenters. The number of aromatic amines is 1. The summed E-state index contributed by atoms with van der Waals surface area (Å²) in [5.41, 5.74) is 6.48. The van der Waals surface area contributed by atoms with Crippen LogP contribution in [0.2, 0.25) is 0 Å². The van der Waals surface area contributed by atoms with Crippen LogP contribution in [0.3, 0.4) is 0 Å². The van der Waals surface area contributed by atoms with Gasteiger partial charge < -0.3 is 39.2 Å². The molecular formula is C42H38N6O7. The van der Waals surface area contributed by atoms with Crippen molar-refractivity contribution in [2.45, 2.75) is 70.9 Å². The predicted octanol–water partition coefficient (Wildman–Crippen LogP) is 6.38. The molecule has 7 heterocycles. The molecule has 3 aromatic carbocycles. The Morgan fingerprint density at radius 2 is 1.80 bits per heavy atom. The second-order valence-electron chi connectivity index (χ2n) is 15.5. The Hall–Kier alpha value is -6.37. The summed E-state index contributed by atoms with van der Waals surface area (Å²) in [5.74, 6) is 0.0558. The Balaban J connectivity index is 1.23. The fourth-order valence-corrected chi connectivity index (χ4v) is 8.78. The van der Waals surface area contributed by atoms with E-state index in [1.165, 1.54) is 6.92 Å². The fraction of sp³-hybridized carbons (Fsp3) is 0.310. The molecule has 1 unspecified atom stereocenters. The van der Waals surface area contributed by atoms with Crippen molar-refractivity contribution in [2.75, 3.05) is 5.32 Å². The van der Waals surface area contributed by atoms with Crippen molar-refractivity contribution in [3.8, 4) is 39.8 Å². The van der Waals surface area contributed by atoms with E-state index in [0.717, 1.165) is 50.0 Å². The molecule has 0 fully saturated rings. The zero-order valence-corrected chi connectivity index (χ0v) is 30.8. The number of ether oxygens (including phenoxy) is 2. The van der Waals surface area contributed by atoms with E-state index in [-0.39, 0.29) is 30.0 Å². The number of H-pyrrole nitrogens is 1. The number of benzene rings is 3. The van der Waals surface area contributed by atoms with Crippen molar-refractivity contribution in [3.05, 3.63) is 95.3 Å². The molecule has 13 nitrogen and oxygen atoms in total. The van der Waals surface area contributed by atoms with Gasteiger partial charge in [-0.1, -0.05) is 70.2 Å². The highest BCUT2D eigenvalue weighted by Gasteiger charge is 2.61. The molecule has 0 saturated carbocycles. The van der Waals surface area contributed by atoms with Gasteiger partial charge in [-0.25, -0.2) is 9.97 Å². The zero-order chi connectivity index (χ0) is 37.9. The Morgan fingerprint density at radius 1 is 0.982 bits per heavy atom. The quantitative estimate of drug-likeness (QED) is 0.145. The first-order chi connectivity index (χ1) is 26.5. The fourth-order valence-electron chi connectivity index (χ4n) is 8.78. The number of oxazole rings is 2. The summed E-state index contributed by atoms with van der Waals surface area (Å²) < 4.78 is 25.8. The maximum atomic E-state index is 14.3. The molecule has 6 aromatic rings. The number of fused-ring (bicyclic) bond motifs is 7. The number of nitrogens with zero attached hydrogens (tertiary/aromatic N) is 2. The van der Waals surface area contributed by atoms with E-state index < -0.39 is 47.6 Å². The van der Waals surface area contributed by atoms with E-state index in [9.17, 15) is 14.4 Å². The van der Waals surface area contributed by atoms with Gasteiger partial charge in [0.2, 0.25) is 17.7 Å². The molecule has 4 aliphatic rings. The average molecular weight is 739 g/mol. The summed E-state index contributed by atoms with van der Waals surface area (Å²) in [6.07, 6.45) is 2.03. The minimum atomic E-state index is -1.09. The molecular weight excluding hydrogens is 700 g/mol. The second kappa shape index (κ2) is 11.8. The topological polar surface area (TPSA) is 174 Å². The number of carbonyl (C=O) groups is 3. The molecule has 10 bridgehead atoms. The number of anilines is 1. The van der Waals surface area contributed by atoms with Crippen LogP contribution in [0.1, 0.15) is 69.0 Å². The predicted molar refractivity (Wildman–Crippen MR) is 201 cm³/mol. The lowest BCUT2D eigenvalue weighted by atomic mass is 9.72. The summed E-state index contributed by atoms with van der Waals surface area (Å²) in [7, 11) is 0. The third-order valence-electron chi connectivity index (χ3n) is 11.3. The largest absolute Gasteiger partial charge is 0.469 e. The third kappa shape index (κ3) is 4.74. The SMILES string of the molecule is CC(=O)O[C@H](C(=O)N[C@H]1Cc2ccc3c(c2)C24c5cccc(c5N[C@H]2O3)-c2cccc3[nH]cc(c23)-c2cnc(o2)-c2nc(oc24)[C@H](C(C)C)NC1=O)C(C)C. The summed E-state index contributed by atoms with van der Waals surface area (Å²) >= 11 is 0. The van der Waals surface area contributed by atoms with Crippen LogP contribution in [-0.4, -0.2) is 51.1 Å². The summed E-state index contributed by atoms with van der Waals surface area (Å²) in [6.45, 7) is 8.75. The molecule has 0 radical (unpaired) electrons. The van der Waals surface area contributed by atoms with Crippen LogP contribution < -0.4 is 20.7 Å². The molecule has 13 heteroatoms. The Bertz CT molecular complexity index is 2600. The number of rotatable bonds is 5. The highest BCUT2D eigenvalue weighted by molar-refractivity contribution is 6.07. The van der Waals surface area contributed by atoms with E-state index in [1.807, 2.05) is 50.4 Å². The molecule has 4 N–H and O–H groups in total. The van der Waals surface area contributed by atoms with Crippen molar-refractivity contribution in [1.29, 1.82) is 0 Å². The van der Waals surface area contributed by atoms with Crippen molar-refractivity contribution >= 4 is 34.4 Å². The van der Waals surface area contributed by atoms with E-state index >= 15 is 0 Å². The Morgan fingerprint density at radius 3 is 2.60 bits per heavy atom. The Kier molecular flexibility index (Phi) is 7.13. The molecule has 55 heavy (non-hydrogen) atoms. The summed E-state index contributed by atoms with van der Waals surface area (Å²) in [6, 6.07) is 16.5. The minimum absolute atomic E-state index is 0.141. The normalized spacial score (nSPS) is 21.9. The lowest BCUT2D eigenvalue weighted by Crippen LogP contribution is -2.53. The van der Waals surface area contributed by atoms with Gasteiger partial charge in [-0.05, 0) is 35.1 Å². The van der Waals surface area contributed by atoms with Crippen LogP contribution >= 0.6 is 0 Å². The maximum absolute atomic E-state index is 14.3. The smallest absolute Gasteiger partial charge is 0.303 e. The van der Waals surface area contributed by atoms with E-state index in [1.54, 1.807) is 20.0 Å². The molecule has 2 amide bonds. The number of nitrogens with one attached hydrogen (secondary N) is 4. The zero-order valence-electron chi connectivity index (χ0n) is 30.8. The highest BCUT2D eigenvalue weighted by atomic mass is 16.5. The van der Waals surface area contributed by atoms with Crippen LogP contribution in [0.25, 0.3) is 44.9 Å². The number of amides is 2. The van der Waals surface area contributed by atoms with Gasteiger partial charge in [0, 0.05) is 58.4 Å². The van der Waals surface area contributed by atoms with Crippen molar-refractivity contribution in [3.63, 3.8) is 0 Å². The van der Waals surface area contributed by atoms with Gasteiger partial charge in [0.15, 0.2) is 29.5 Å². The first-order valence-electron chi connectivity index (χ1n) is 18.6. The lowest BCUT2D eigenvalue weighted by Gasteiger charge is -2.29. The van der Waals surface area contributed by atoms with E-state index in [2.05, 4.69) is 45.2 Å². The van der Waals surface area contributed by atoms with Gasteiger partial charge >= 0.3 is 5.97 Å². The first-order valence-corrected chi connectivity index (χ1v) is 18.6. The number of aromatic nitrogens is 3. The molecule has 10 rings (SSSR count). The highest BCUT2D eigenvalue weighted by Crippen LogP contribution is 2.61. The van der Waals surface area contributed by atoms with Crippen LogP contribution in [-0.2, 0) is 31.0 Å². The Labute approximate surface area is 315 Å². The van der Waals surface area contributed by atoms with E-state index in [4.69, 9.17) is 28.3 Å². The maximum Gasteiger partial charge on any atom is 0.303 e. The van der Waals surface area contributed by atoms with Crippen molar-refractivity contribution in [1.82, 2.24) is 25.6 Å². The molecule has 0 aliphatic carbocycles.